The van der Waals surface area contributed by atoms with Crippen molar-refractivity contribution in [1.82, 2.24) is 19.1 Å². The second kappa shape index (κ2) is 14.0. The number of aliphatic hydroxyl groups is 4. The van der Waals surface area contributed by atoms with Gasteiger partial charge in [-0.1, -0.05) is 31.9 Å². The smallest absolute Gasteiger partial charge is 0.330 e. The Balaban J connectivity index is 0.000000220. The molecule has 0 bridgehead atoms. The topological polar surface area (TPSA) is 209 Å². The molecule has 6 N–H and O–H groups in total. The van der Waals surface area contributed by atoms with Crippen molar-refractivity contribution >= 4 is 44.0 Å². The first kappa shape index (κ1) is 32.1. The zero-order valence-corrected chi connectivity index (χ0v) is 24.7. The summed E-state index contributed by atoms with van der Waals surface area (Å²) >= 11 is 6.44. The molecule has 0 radical (unpaired) electrons. The van der Waals surface area contributed by atoms with E-state index in [1.807, 2.05) is 0 Å². The molecule has 2 saturated heterocycles. The number of aliphatic hydroxyl groups excluding tert-OH is 4. The highest BCUT2D eigenvalue weighted by molar-refractivity contribution is 9.12. The molecule has 2 aromatic heterocycles. The lowest BCUT2D eigenvalue weighted by Gasteiger charge is -2.14. The van der Waals surface area contributed by atoms with Crippen LogP contribution < -0.4 is 22.5 Å². The molecule has 0 saturated carbocycles. The number of nitrogens with one attached hydrogen (secondary N) is 2. The van der Waals surface area contributed by atoms with Crippen LogP contribution in [0.2, 0.25) is 0 Å². The summed E-state index contributed by atoms with van der Waals surface area (Å²) in [7, 11) is 0. The van der Waals surface area contributed by atoms with Crippen molar-refractivity contribution in [3.05, 3.63) is 74.2 Å². The van der Waals surface area contributed by atoms with Crippen LogP contribution in [-0.4, -0.2) is 77.2 Å². The summed E-state index contributed by atoms with van der Waals surface area (Å²) in [6.45, 7) is 2.85. The summed E-state index contributed by atoms with van der Waals surface area (Å²) in [6, 6.07) is 0. The van der Waals surface area contributed by atoms with Crippen molar-refractivity contribution in [3.63, 3.8) is 0 Å². The third-order valence-electron chi connectivity index (χ3n) is 6.09. The van der Waals surface area contributed by atoms with Crippen molar-refractivity contribution in [1.29, 1.82) is 0 Å². The largest absolute Gasteiger partial charge is 0.394 e. The van der Waals surface area contributed by atoms with E-state index in [1.54, 1.807) is 26.0 Å². The van der Waals surface area contributed by atoms with Crippen molar-refractivity contribution in [2.75, 3.05) is 13.2 Å². The molecule has 0 amide bonds. The summed E-state index contributed by atoms with van der Waals surface area (Å²) in [6.07, 6.45) is 1.68. The molecule has 220 valence electrons. The predicted molar refractivity (Wildman–Crippen MR) is 151 cm³/mol. The molecule has 0 spiro atoms. The van der Waals surface area contributed by atoms with Crippen LogP contribution in [-0.2, 0) is 9.47 Å². The Labute approximate surface area is 243 Å². The molecular weight excluding hydrogens is 664 g/mol. The van der Waals surface area contributed by atoms with Gasteiger partial charge in [-0.05, 0) is 35.0 Å². The quantitative estimate of drug-likeness (QED) is 0.236. The van der Waals surface area contributed by atoms with Gasteiger partial charge >= 0.3 is 11.4 Å². The molecule has 0 aliphatic carbocycles. The molecule has 4 rings (SSSR count). The molecule has 6 atom stereocenters. The highest BCUT2D eigenvalue weighted by atomic mass is 79.9. The maximum Gasteiger partial charge on any atom is 0.330 e. The normalized spacial score (nSPS) is 27.0. The fourth-order valence-electron chi connectivity index (χ4n) is 4.16. The summed E-state index contributed by atoms with van der Waals surface area (Å²) < 4.78 is 14.7. The van der Waals surface area contributed by atoms with Gasteiger partial charge in [0.1, 0.15) is 24.7 Å². The molecule has 2 fully saturated rings. The summed E-state index contributed by atoms with van der Waals surface area (Å²) in [5, 5.41) is 37.5. The van der Waals surface area contributed by atoms with Gasteiger partial charge in [0.25, 0.3) is 11.1 Å². The number of halogens is 2. The molecule has 2 aromatic rings. The van der Waals surface area contributed by atoms with E-state index in [4.69, 9.17) is 19.7 Å². The fourth-order valence-corrected chi connectivity index (χ4v) is 4.66. The van der Waals surface area contributed by atoms with E-state index in [0.717, 1.165) is 8.96 Å². The Hall–Kier alpha value is -2.44. The number of aromatic nitrogens is 4. The van der Waals surface area contributed by atoms with Gasteiger partial charge in [0.05, 0.1) is 36.5 Å². The van der Waals surface area contributed by atoms with Gasteiger partial charge in [0.15, 0.2) is 0 Å². The van der Waals surface area contributed by atoms with E-state index < -0.39 is 59.4 Å². The van der Waals surface area contributed by atoms with E-state index >= 15 is 0 Å². The van der Waals surface area contributed by atoms with Crippen LogP contribution in [0.1, 0.15) is 50.3 Å². The Kier molecular flexibility index (Phi) is 11.2. The van der Waals surface area contributed by atoms with Gasteiger partial charge in [0, 0.05) is 25.2 Å². The number of hydrogen-bond donors (Lipinski definition) is 6. The highest BCUT2D eigenvalue weighted by Gasteiger charge is 2.36. The Bertz CT molecular complexity index is 1370. The monoisotopic (exact) mass is 692 g/mol. The number of allylic oxidation sites excluding steroid dienone is 2. The summed E-state index contributed by atoms with van der Waals surface area (Å²) in [5.41, 5.74) is -1.64. The molecule has 14 nitrogen and oxygen atoms in total. The van der Waals surface area contributed by atoms with E-state index in [9.17, 15) is 29.4 Å². The second-order valence-electron chi connectivity index (χ2n) is 9.19. The van der Waals surface area contributed by atoms with Gasteiger partial charge in [-0.15, -0.1) is 0 Å². The molecule has 0 aromatic carbocycles. The maximum absolute atomic E-state index is 11.8. The zero-order valence-electron chi connectivity index (χ0n) is 21.5. The van der Waals surface area contributed by atoms with Gasteiger partial charge in [0.2, 0.25) is 0 Å². The second-order valence-corrected chi connectivity index (χ2v) is 11.7. The average Bonchev–Trinajstić information content (AvgIpc) is 3.43. The number of hydrogen-bond acceptors (Lipinski definition) is 10. The molecule has 40 heavy (non-hydrogen) atoms. The lowest BCUT2D eigenvalue weighted by molar-refractivity contribution is -0.0459. The van der Waals surface area contributed by atoms with Crippen LogP contribution in [0.5, 0.6) is 0 Å². The Morgan fingerprint density at radius 3 is 1.45 bits per heavy atom. The van der Waals surface area contributed by atoms with Crippen LogP contribution in [0.4, 0.5) is 0 Å². The van der Waals surface area contributed by atoms with Gasteiger partial charge in [-0.3, -0.25) is 28.7 Å². The van der Waals surface area contributed by atoms with Crippen LogP contribution in [0.3, 0.4) is 0 Å². The van der Waals surface area contributed by atoms with E-state index in [2.05, 4.69) is 41.8 Å². The molecule has 16 heteroatoms. The predicted octanol–water partition coefficient (Wildman–Crippen LogP) is -0.134. The van der Waals surface area contributed by atoms with Crippen LogP contribution >= 0.6 is 31.9 Å². The minimum atomic E-state index is -0.847. The number of H-pyrrole nitrogens is 2. The number of aromatic amines is 2. The van der Waals surface area contributed by atoms with Gasteiger partial charge in [-0.25, -0.2) is 9.59 Å². The van der Waals surface area contributed by atoms with Crippen LogP contribution in [0.25, 0.3) is 12.2 Å². The standard InChI is InChI=1S/2C12H15BrN2O5/c2*1-6(13)2-7-4-15(12(19)14-11(7)18)10-3-8(17)9(5-16)20-10/h2*2,4,8-10,16-17H,3,5H2,1H3,(H,14,18,19)/b6-2+;6-2-/t2*8-,9+,10+/m00/s1. The first-order valence-electron chi connectivity index (χ1n) is 12.1. The minimum Gasteiger partial charge on any atom is -0.394 e. The third-order valence-corrected chi connectivity index (χ3v) is 6.55. The minimum absolute atomic E-state index is 0.174. The van der Waals surface area contributed by atoms with Crippen molar-refractivity contribution < 1.29 is 29.9 Å². The van der Waals surface area contributed by atoms with Crippen molar-refractivity contribution in [2.45, 2.75) is 63.6 Å². The Morgan fingerprint density at radius 2 is 1.18 bits per heavy atom. The van der Waals surface area contributed by atoms with E-state index in [1.165, 1.54) is 21.5 Å². The molecular formula is C24H30Br2N4O10. The summed E-state index contributed by atoms with van der Waals surface area (Å²) in [4.78, 5) is 51.4. The number of ether oxygens (including phenoxy) is 2. The third kappa shape index (κ3) is 7.85. The van der Waals surface area contributed by atoms with Crippen molar-refractivity contribution in [3.8, 4) is 0 Å². The number of rotatable bonds is 6. The van der Waals surface area contributed by atoms with Crippen LogP contribution in [0, 0.1) is 0 Å². The summed E-state index contributed by atoms with van der Waals surface area (Å²) in [5.74, 6) is 0. The zero-order chi connectivity index (χ0) is 29.7. The molecule has 4 heterocycles. The SMILES string of the molecule is C/C(Br)=C/c1cn([C@H]2C[C@H](O)[C@@H](CO)O2)c(=O)[nH]c1=O.C/C(Br)=C\c1cn([C@H]2C[C@H](O)[C@@H](CO)O2)c(=O)[nH]c1=O. The van der Waals surface area contributed by atoms with Gasteiger partial charge in [-0.2, -0.15) is 0 Å². The first-order chi connectivity index (χ1) is 18.8. The maximum atomic E-state index is 11.8. The molecule has 0 unspecified atom stereocenters. The average molecular weight is 694 g/mol. The molecule has 2 aliphatic rings. The van der Waals surface area contributed by atoms with Gasteiger partial charge < -0.3 is 29.9 Å². The highest BCUT2D eigenvalue weighted by Crippen LogP contribution is 2.28. The van der Waals surface area contributed by atoms with E-state index in [0.29, 0.717) is 11.1 Å². The van der Waals surface area contributed by atoms with E-state index in [-0.39, 0.29) is 26.1 Å². The molecule has 2 aliphatic heterocycles. The van der Waals surface area contributed by atoms with Crippen molar-refractivity contribution in [2.24, 2.45) is 0 Å². The lowest BCUT2D eigenvalue weighted by Crippen LogP contribution is -2.33. The number of nitrogens with zero attached hydrogens (tertiary/aromatic N) is 2. The Morgan fingerprint density at radius 1 is 0.825 bits per heavy atom. The lowest BCUT2D eigenvalue weighted by atomic mass is 10.2. The fraction of sp³-hybridized carbons (Fsp3) is 0.500. The van der Waals surface area contributed by atoms with Crippen LogP contribution in [0.15, 0.2) is 40.5 Å². The first-order valence-corrected chi connectivity index (χ1v) is 13.7.